The van der Waals surface area contributed by atoms with Gasteiger partial charge in [-0.25, -0.2) is 18.3 Å². The molecule has 3 aromatic carbocycles. The van der Waals surface area contributed by atoms with Gasteiger partial charge in [0.15, 0.2) is 23.7 Å². The van der Waals surface area contributed by atoms with E-state index in [9.17, 15) is 18.8 Å². The summed E-state index contributed by atoms with van der Waals surface area (Å²) in [6.07, 6.45) is 2.71. The Labute approximate surface area is 288 Å². The zero-order valence-corrected chi connectivity index (χ0v) is 28.6. The molecule has 2 heterocycles. The number of amides is 2. The van der Waals surface area contributed by atoms with E-state index in [0.717, 1.165) is 25.3 Å². The Morgan fingerprint density at radius 1 is 1.00 bits per heavy atom. The smallest absolute Gasteiger partial charge is 0.412 e. The molecule has 1 aliphatic rings. The van der Waals surface area contributed by atoms with Crippen molar-refractivity contribution >= 4 is 34.8 Å². The molecule has 0 radical (unpaired) electrons. The Bertz CT molecular complexity index is 1870. The first-order valence-electron chi connectivity index (χ1n) is 16.1. The molecular formula is C36H40F2N6O6. The Morgan fingerprint density at radius 2 is 1.76 bits per heavy atom. The molecule has 1 atom stereocenters. The first kappa shape index (κ1) is 36.1. The molecule has 5 rings (SSSR count). The van der Waals surface area contributed by atoms with Crippen molar-refractivity contribution in [1.29, 1.82) is 0 Å². The van der Waals surface area contributed by atoms with Crippen molar-refractivity contribution in [2.24, 2.45) is 0 Å². The number of hydrogen-bond donors (Lipinski definition) is 2. The molecule has 1 aliphatic heterocycles. The predicted octanol–water partition coefficient (Wildman–Crippen LogP) is 6.88. The summed E-state index contributed by atoms with van der Waals surface area (Å²) in [6, 6.07) is 13.3. The van der Waals surface area contributed by atoms with Crippen LogP contribution in [0.5, 0.6) is 0 Å². The van der Waals surface area contributed by atoms with Crippen LogP contribution in [0.1, 0.15) is 62.5 Å². The van der Waals surface area contributed by atoms with Crippen molar-refractivity contribution in [1.82, 2.24) is 15.0 Å². The molecule has 0 aliphatic carbocycles. The van der Waals surface area contributed by atoms with Gasteiger partial charge in [0.1, 0.15) is 5.60 Å². The van der Waals surface area contributed by atoms with Gasteiger partial charge in [0.05, 0.1) is 42.0 Å². The maximum atomic E-state index is 15.0. The van der Waals surface area contributed by atoms with E-state index in [4.69, 9.17) is 14.2 Å². The lowest BCUT2D eigenvalue weighted by Crippen LogP contribution is -2.28. The summed E-state index contributed by atoms with van der Waals surface area (Å²) in [5.74, 6) is -3.34. The summed E-state index contributed by atoms with van der Waals surface area (Å²) < 4.78 is 47.8. The minimum Gasteiger partial charge on any atom is -0.444 e. The Balaban J connectivity index is 1.38. The van der Waals surface area contributed by atoms with E-state index < -0.39 is 41.4 Å². The van der Waals surface area contributed by atoms with Gasteiger partial charge in [-0.3, -0.25) is 14.9 Å². The maximum absolute atomic E-state index is 15.0. The molecule has 2 amide bonds. The Morgan fingerprint density at radius 3 is 2.48 bits per heavy atom. The molecule has 2 N–H and O–H groups in total. The highest BCUT2D eigenvalue weighted by molar-refractivity contribution is 6.12. The second kappa shape index (κ2) is 15.6. The number of nitrogens with zero attached hydrogens (tertiary/aromatic N) is 4. The van der Waals surface area contributed by atoms with Gasteiger partial charge in [0, 0.05) is 43.1 Å². The third-order valence-electron chi connectivity index (χ3n) is 7.68. The lowest BCUT2D eigenvalue weighted by molar-refractivity contribution is -0.169. The summed E-state index contributed by atoms with van der Waals surface area (Å²) in [5, 5.41) is 13.4. The van der Waals surface area contributed by atoms with Crippen molar-refractivity contribution in [2.75, 3.05) is 36.2 Å². The molecule has 14 heteroatoms. The van der Waals surface area contributed by atoms with Gasteiger partial charge in [-0.05, 0) is 70.4 Å². The summed E-state index contributed by atoms with van der Waals surface area (Å²) in [5.41, 5.74) is 1.35. The number of benzene rings is 3. The topological polar surface area (TPSA) is 137 Å². The van der Waals surface area contributed by atoms with Crippen molar-refractivity contribution in [3.05, 3.63) is 83.7 Å². The molecule has 0 bridgehead atoms. The number of ketones is 1. The minimum atomic E-state index is -1.08. The van der Waals surface area contributed by atoms with Crippen LogP contribution in [0.4, 0.5) is 30.6 Å². The van der Waals surface area contributed by atoms with Crippen LogP contribution in [-0.2, 0) is 25.6 Å². The lowest BCUT2D eigenvalue weighted by atomic mass is 10.00. The van der Waals surface area contributed by atoms with Gasteiger partial charge in [-0.2, -0.15) is 0 Å². The number of nitrogens with one attached hydrogen (secondary N) is 2. The highest BCUT2D eigenvalue weighted by atomic mass is 19.2. The molecule has 0 spiro atoms. The zero-order valence-electron chi connectivity index (χ0n) is 28.6. The maximum Gasteiger partial charge on any atom is 0.412 e. The molecule has 50 heavy (non-hydrogen) atoms. The van der Waals surface area contributed by atoms with Crippen LogP contribution in [0.15, 0.2) is 60.8 Å². The van der Waals surface area contributed by atoms with Crippen molar-refractivity contribution in [2.45, 2.75) is 65.0 Å². The Hall–Kier alpha value is -5.21. The zero-order chi connectivity index (χ0) is 36.0. The average molecular weight is 691 g/mol. The van der Waals surface area contributed by atoms with Gasteiger partial charge in [0.2, 0.25) is 5.91 Å². The normalized spacial score (nSPS) is 14.6. The van der Waals surface area contributed by atoms with Crippen LogP contribution in [0.3, 0.4) is 0 Å². The van der Waals surface area contributed by atoms with E-state index in [0.29, 0.717) is 23.7 Å². The van der Waals surface area contributed by atoms with E-state index in [1.165, 1.54) is 24.3 Å². The monoisotopic (exact) mass is 690 g/mol. The molecule has 1 fully saturated rings. The van der Waals surface area contributed by atoms with Gasteiger partial charge >= 0.3 is 6.09 Å². The molecule has 264 valence electrons. The molecule has 1 aromatic heterocycles. The number of carbonyl (C=O) groups is 3. The fourth-order valence-corrected chi connectivity index (χ4v) is 5.35. The second-order valence-electron chi connectivity index (χ2n) is 13.0. The van der Waals surface area contributed by atoms with Crippen LogP contribution < -0.4 is 15.5 Å². The van der Waals surface area contributed by atoms with E-state index in [2.05, 4.69) is 20.9 Å². The van der Waals surface area contributed by atoms with Crippen molar-refractivity contribution in [3.63, 3.8) is 0 Å². The van der Waals surface area contributed by atoms with Gasteiger partial charge in [-0.1, -0.05) is 29.5 Å². The number of anilines is 3. The summed E-state index contributed by atoms with van der Waals surface area (Å²) in [6.45, 7) is 5.93. The lowest BCUT2D eigenvalue weighted by Gasteiger charge is -2.24. The van der Waals surface area contributed by atoms with Crippen molar-refractivity contribution < 1.29 is 37.4 Å². The average Bonchev–Trinajstić information content (AvgIpc) is 3.54. The quantitative estimate of drug-likeness (QED) is 0.127. The van der Waals surface area contributed by atoms with Gasteiger partial charge < -0.3 is 24.4 Å². The number of rotatable bonds is 11. The van der Waals surface area contributed by atoms with E-state index >= 15 is 4.39 Å². The van der Waals surface area contributed by atoms with Crippen molar-refractivity contribution in [3.8, 4) is 16.8 Å². The highest BCUT2D eigenvalue weighted by Crippen LogP contribution is 2.39. The number of halogens is 2. The van der Waals surface area contributed by atoms with Crippen LogP contribution in [0.2, 0.25) is 0 Å². The molecule has 0 saturated carbocycles. The first-order chi connectivity index (χ1) is 23.8. The number of hydrogen-bond acceptors (Lipinski definition) is 9. The number of ether oxygens (including phenoxy) is 3. The van der Waals surface area contributed by atoms with E-state index in [1.54, 1.807) is 74.9 Å². The standard InChI is InChI=1S/C36H40F2N6O6/c1-36(2,3)50-35(47)41-29-18-30(43(4)5)26(25-12-9-13-27(37)34(25)38)17-28(29)40-32(46)19-31(45)22-10-8-11-23(16-22)44-24(20-39-42-44)21-49-33-14-6-7-15-48-33/h8-13,16-18,20,33H,6-7,14-15,19,21H2,1-5H3,(H,40,46)(H,41,47). The number of carbonyl (C=O) groups excluding carboxylic acids is 3. The highest BCUT2D eigenvalue weighted by Gasteiger charge is 2.23. The molecule has 1 unspecified atom stereocenters. The third kappa shape index (κ3) is 9.07. The van der Waals surface area contributed by atoms with E-state index in [1.807, 2.05) is 0 Å². The first-order valence-corrected chi connectivity index (χ1v) is 16.1. The summed E-state index contributed by atoms with van der Waals surface area (Å²) in [7, 11) is 3.39. The number of aromatic nitrogens is 3. The van der Waals surface area contributed by atoms with Crippen LogP contribution >= 0.6 is 0 Å². The fraction of sp³-hybridized carbons (Fsp3) is 0.361. The number of Topliss-reactive ketones (excluding diaryl/α,β-unsaturated/α-hetero) is 1. The molecule has 4 aromatic rings. The summed E-state index contributed by atoms with van der Waals surface area (Å²) in [4.78, 5) is 41.2. The predicted molar refractivity (Wildman–Crippen MR) is 183 cm³/mol. The SMILES string of the molecule is CN(C)c1cc(NC(=O)OC(C)(C)C)c(NC(=O)CC(=O)c2cccc(-n3nncc3COC3CCCCO3)c2)cc1-c1cccc(F)c1F. The third-order valence-corrected chi connectivity index (χ3v) is 7.68. The molecular weight excluding hydrogens is 650 g/mol. The van der Waals surface area contributed by atoms with Gasteiger partial charge in [0.25, 0.3) is 0 Å². The summed E-state index contributed by atoms with van der Waals surface area (Å²) >= 11 is 0. The molecule has 1 saturated heterocycles. The minimum absolute atomic E-state index is 0.0425. The van der Waals surface area contributed by atoms with Crippen LogP contribution in [0, 0.1) is 11.6 Å². The molecule has 12 nitrogen and oxygen atoms in total. The Kier molecular flexibility index (Phi) is 11.2. The largest absolute Gasteiger partial charge is 0.444 e. The second-order valence-corrected chi connectivity index (χ2v) is 13.0. The van der Waals surface area contributed by atoms with E-state index in [-0.39, 0.29) is 41.0 Å². The van der Waals surface area contributed by atoms with Gasteiger partial charge in [-0.15, -0.1) is 5.10 Å². The van der Waals surface area contributed by atoms with Crippen LogP contribution in [0.25, 0.3) is 16.8 Å². The van der Waals surface area contributed by atoms with Crippen LogP contribution in [-0.4, -0.2) is 65.4 Å². The fourth-order valence-electron chi connectivity index (χ4n) is 5.35.